The second kappa shape index (κ2) is 8.65. The van der Waals surface area contributed by atoms with Crippen molar-refractivity contribution < 1.29 is 0 Å². The molecule has 0 saturated carbocycles. The highest BCUT2D eigenvalue weighted by Crippen LogP contribution is 2.14. The van der Waals surface area contributed by atoms with Gasteiger partial charge in [0.1, 0.15) is 0 Å². The summed E-state index contributed by atoms with van der Waals surface area (Å²) in [5.74, 6) is 6.99. The fourth-order valence-electron chi connectivity index (χ4n) is 1.48. The first-order chi connectivity index (χ1) is 5.85. The van der Waals surface area contributed by atoms with Crippen LogP contribution in [0.2, 0.25) is 0 Å². The molecule has 1 unspecified atom stereocenters. The molecule has 0 heterocycles. The van der Waals surface area contributed by atoms with E-state index < -0.39 is 0 Å². The van der Waals surface area contributed by atoms with Crippen molar-refractivity contribution in [2.45, 2.75) is 59.3 Å². The van der Waals surface area contributed by atoms with Crippen LogP contribution < -0.4 is 0 Å². The molecule has 12 heavy (non-hydrogen) atoms. The molecule has 1 atom stereocenters. The summed E-state index contributed by atoms with van der Waals surface area (Å²) in [5, 5.41) is 0. The minimum Gasteiger partial charge on any atom is -0.106 e. The van der Waals surface area contributed by atoms with E-state index in [1.54, 1.807) is 0 Å². The molecule has 0 aliphatic carbocycles. The zero-order valence-electron chi connectivity index (χ0n) is 8.82. The first-order valence-corrected chi connectivity index (χ1v) is 5.27. The summed E-state index contributed by atoms with van der Waals surface area (Å²) >= 11 is 0. The molecule has 0 spiro atoms. The quantitative estimate of drug-likeness (QED) is 0.413. The molecule has 0 amide bonds. The summed E-state index contributed by atoms with van der Waals surface area (Å²) < 4.78 is 0. The molecule has 0 nitrogen and oxygen atoms in total. The molecule has 0 saturated heterocycles. The topological polar surface area (TPSA) is 0 Å². The number of hydrogen-bond donors (Lipinski definition) is 0. The highest BCUT2D eigenvalue weighted by molar-refractivity contribution is 5.00. The maximum atomic E-state index is 3.29. The third-order valence-corrected chi connectivity index (χ3v) is 2.14. The van der Waals surface area contributed by atoms with E-state index in [0.717, 1.165) is 0 Å². The molecule has 0 aromatic heterocycles. The second-order valence-electron chi connectivity index (χ2n) is 3.38. The molecule has 0 aromatic carbocycles. The van der Waals surface area contributed by atoms with Gasteiger partial charge in [-0.15, -0.1) is 11.8 Å². The molecule has 0 aliphatic rings. The van der Waals surface area contributed by atoms with Crippen molar-refractivity contribution in [1.29, 1.82) is 0 Å². The summed E-state index contributed by atoms with van der Waals surface area (Å²) in [7, 11) is 0. The maximum absolute atomic E-state index is 3.29. The predicted molar refractivity (Wildman–Crippen MR) is 56.0 cm³/mol. The van der Waals surface area contributed by atoms with Crippen molar-refractivity contribution in [3.8, 4) is 11.8 Å². The van der Waals surface area contributed by atoms with E-state index in [2.05, 4.69) is 25.7 Å². The van der Waals surface area contributed by atoms with Gasteiger partial charge in [0.05, 0.1) is 0 Å². The molecule has 0 rings (SSSR count). The van der Waals surface area contributed by atoms with Crippen LogP contribution in [-0.2, 0) is 0 Å². The Morgan fingerprint density at radius 3 is 2.25 bits per heavy atom. The Labute approximate surface area is 77.8 Å². The SMILES string of the molecule is CC#CC(CCC)CCCCC. The Bertz CT molecular complexity index is 136. The van der Waals surface area contributed by atoms with E-state index in [1.807, 2.05) is 6.92 Å². The highest BCUT2D eigenvalue weighted by Gasteiger charge is 2.02. The van der Waals surface area contributed by atoms with Crippen LogP contribution in [-0.4, -0.2) is 0 Å². The number of rotatable bonds is 6. The molecule has 0 aromatic rings. The lowest BCUT2D eigenvalue weighted by Gasteiger charge is -2.07. The van der Waals surface area contributed by atoms with Gasteiger partial charge in [0.25, 0.3) is 0 Å². The molecule has 0 bridgehead atoms. The van der Waals surface area contributed by atoms with E-state index >= 15 is 0 Å². The van der Waals surface area contributed by atoms with Crippen LogP contribution in [0.4, 0.5) is 0 Å². The fraction of sp³-hybridized carbons (Fsp3) is 0.833. The number of unbranched alkanes of at least 4 members (excludes halogenated alkanes) is 2. The lowest BCUT2D eigenvalue weighted by Crippen LogP contribution is -1.96. The molecule has 0 aliphatic heterocycles. The maximum Gasteiger partial charge on any atom is 0.0202 e. The van der Waals surface area contributed by atoms with Crippen molar-refractivity contribution in [2.24, 2.45) is 5.92 Å². The van der Waals surface area contributed by atoms with Gasteiger partial charge < -0.3 is 0 Å². The molecule has 0 fully saturated rings. The molecular weight excluding hydrogens is 144 g/mol. The van der Waals surface area contributed by atoms with Gasteiger partial charge in [0.2, 0.25) is 0 Å². The van der Waals surface area contributed by atoms with Gasteiger partial charge in [-0.05, 0) is 19.8 Å². The fourth-order valence-corrected chi connectivity index (χ4v) is 1.48. The van der Waals surface area contributed by atoms with Crippen LogP contribution in [0.1, 0.15) is 59.3 Å². The lowest BCUT2D eigenvalue weighted by molar-refractivity contribution is 0.515. The predicted octanol–water partition coefficient (Wildman–Crippen LogP) is 4.01. The summed E-state index contributed by atoms with van der Waals surface area (Å²) in [6.45, 7) is 6.44. The Hall–Kier alpha value is -0.440. The van der Waals surface area contributed by atoms with Crippen LogP contribution >= 0.6 is 0 Å². The summed E-state index contributed by atoms with van der Waals surface area (Å²) in [5.41, 5.74) is 0. The normalized spacial score (nSPS) is 11.9. The first kappa shape index (κ1) is 11.6. The lowest BCUT2D eigenvalue weighted by atomic mass is 9.97. The average molecular weight is 166 g/mol. The third-order valence-electron chi connectivity index (χ3n) is 2.14. The van der Waals surface area contributed by atoms with Crippen molar-refractivity contribution in [1.82, 2.24) is 0 Å². The minimum atomic E-state index is 0.673. The molecule has 0 radical (unpaired) electrons. The smallest absolute Gasteiger partial charge is 0.0202 e. The Balaban J connectivity index is 3.53. The standard InChI is InChI=1S/C12H22/c1-4-7-8-11-12(9-5-2)10-6-3/h12H,4-5,7-9,11H2,1-3H3. The Kier molecular flexibility index (Phi) is 8.34. The third kappa shape index (κ3) is 6.28. The van der Waals surface area contributed by atoms with E-state index in [4.69, 9.17) is 0 Å². The van der Waals surface area contributed by atoms with Gasteiger partial charge in [0.15, 0.2) is 0 Å². The van der Waals surface area contributed by atoms with Gasteiger partial charge >= 0.3 is 0 Å². The number of hydrogen-bond acceptors (Lipinski definition) is 0. The zero-order valence-corrected chi connectivity index (χ0v) is 8.82. The largest absolute Gasteiger partial charge is 0.106 e. The monoisotopic (exact) mass is 166 g/mol. The van der Waals surface area contributed by atoms with E-state index in [0.29, 0.717) is 5.92 Å². The second-order valence-corrected chi connectivity index (χ2v) is 3.38. The summed E-state index contributed by atoms with van der Waals surface area (Å²) in [4.78, 5) is 0. The summed E-state index contributed by atoms with van der Waals surface area (Å²) in [6, 6.07) is 0. The van der Waals surface area contributed by atoms with Crippen LogP contribution in [0, 0.1) is 17.8 Å². The van der Waals surface area contributed by atoms with Gasteiger partial charge in [-0.1, -0.05) is 39.5 Å². The van der Waals surface area contributed by atoms with Crippen LogP contribution in [0.3, 0.4) is 0 Å². The Morgan fingerprint density at radius 1 is 1.00 bits per heavy atom. The van der Waals surface area contributed by atoms with E-state index in [-0.39, 0.29) is 0 Å². The molecule has 70 valence electrons. The first-order valence-electron chi connectivity index (χ1n) is 5.27. The van der Waals surface area contributed by atoms with E-state index in [9.17, 15) is 0 Å². The van der Waals surface area contributed by atoms with Gasteiger partial charge in [-0.25, -0.2) is 0 Å². The van der Waals surface area contributed by atoms with Crippen molar-refractivity contribution >= 4 is 0 Å². The van der Waals surface area contributed by atoms with Crippen LogP contribution in [0.25, 0.3) is 0 Å². The van der Waals surface area contributed by atoms with E-state index in [1.165, 1.54) is 38.5 Å². The molecular formula is C12H22. The minimum absolute atomic E-state index is 0.673. The van der Waals surface area contributed by atoms with Crippen molar-refractivity contribution in [3.05, 3.63) is 0 Å². The average Bonchev–Trinajstić information content (AvgIpc) is 2.06. The summed E-state index contributed by atoms with van der Waals surface area (Å²) in [6.07, 6.45) is 7.90. The van der Waals surface area contributed by atoms with Crippen LogP contribution in [0.15, 0.2) is 0 Å². The zero-order chi connectivity index (χ0) is 9.23. The van der Waals surface area contributed by atoms with Gasteiger partial charge in [-0.3, -0.25) is 0 Å². The van der Waals surface area contributed by atoms with Crippen molar-refractivity contribution in [3.63, 3.8) is 0 Å². The molecule has 0 N–H and O–H groups in total. The molecule has 0 heteroatoms. The Morgan fingerprint density at radius 2 is 1.75 bits per heavy atom. The highest BCUT2D eigenvalue weighted by atomic mass is 14.1. The van der Waals surface area contributed by atoms with Gasteiger partial charge in [-0.2, -0.15) is 0 Å². The van der Waals surface area contributed by atoms with Crippen molar-refractivity contribution in [2.75, 3.05) is 0 Å². The van der Waals surface area contributed by atoms with Crippen LogP contribution in [0.5, 0.6) is 0 Å². The van der Waals surface area contributed by atoms with Gasteiger partial charge in [0, 0.05) is 5.92 Å².